The van der Waals surface area contributed by atoms with Gasteiger partial charge in [-0.3, -0.25) is 9.38 Å². The Hall–Kier alpha value is -2.42. The quantitative estimate of drug-likeness (QED) is 0.450. The molecular formula is C22H27N3. The van der Waals surface area contributed by atoms with Gasteiger partial charge >= 0.3 is 0 Å². The number of aromatic nitrogens is 3. The Morgan fingerprint density at radius 1 is 1.04 bits per heavy atom. The van der Waals surface area contributed by atoms with Crippen molar-refractivity contribution >= 4 is 27.5 Å². The van der Waals surface area contributed by atoms with Crippen molar-refractivity contribution in [3.05, 3.63) is 54.5 Å². The minimum atomic E-state index is 0.0811. The highest BCUT2D eigenvalue weighted by atomic mass is 15.0. The summed E-state index contributed by atoms with van der Waals surface area (Å²) < 4.78 is 2.16. The first-order valence-corrected chi connectivity index (χ1v) is 9.14. The third kappa shape index (κ3) is 2.68. The van der Waals surface area contributed by atoms with Gasteiger partial charge in [0.05, 0.1) is 17.2 Å². The average Bonchev–Trinajstić information content (AvgIpc) is 3.01. The first-order chi connectivity index (χ1) is 12.0. The summed E-state index contributed by atoms with van der Waals surface area (Å²) in [4.78, 5) is 9.15. The monoisotopic (exact) mass is 333 g/mol. The Morgan fingerprint density at radius 3 is 2.52 bits per heavy atom. The van der Waals surface area contributed by atoms with Crippen LogP contribution in [0.25, 0.3) is 27.5 Å². The molecule has 0 unspecified atom stereocenters. The molecule has 0 aliphatic heterocycles. The summed E-state index contributed by atoms with van der Waals surface area (Å²) in [7, 11) is 0. The van der Waals surface area contributed by atoms with E-state index >= 15 is 0 Å². The highest BCUT2D eigenvalue weighted by molar-refractivity contribution is 6.00. The summed E-state index contributed by atoms with van der Waals surface area (Å²) in [6, 6.07) is 10.7. The summed E-state index contributed by atoms with van der Waals surface area (Å²) in [5, 5.41) is 2.50. The number of hydrogen-bond acceptors (Lipinski definition) is 2. The number of nitrogens with zero attached hydrogens (tertiary/aromatic N) is 3. The molecule has 0 aliphatic rings. The van der Waals surface area contributed by atoms with Crippen molar-refractivity contribution in [1.82, 2.24) is 14.4 Å². The van der Waals surface area contributed by atoms with Gasteiger partial charge in [-0.25, -0.2) is 4.98 Å². The molecule has 130 valence electrons. The van der Waals surface area contributed by atoms with Crippen molar-refractivity contribution in [2.24, 2.45) is 5.92 Å². The Labute approximate surface area is 149 Å². The predicted octanol–water partition coefficient (Wildman–Crippen LogP) is 6.00. The van der Waals surface area contributed by atoms with Gasteiger partial charge in [0.25, 0.3) is 0 Å². The largest absolute Gasteiger partial charge is 0.298 e. The molecule has 0 amide bonds. The summed E-state index contributed by atoms with van der Waals surface area (Å²) in [6.07, 6.45) is 5.79. The van der Waals surface area contributed by atoms with Gasteiger partial charge in [-0.05, 0) is 34.4 Å². The zero-order valence-electron chi connectivity index (χ0n) is 16.0. The standard InChI is InChI=1S/C20H21N3.C2H6/c1-13(2)20(3,4)15-7-5-6-14-9-11-23-17-12-21-10-8-16(17)22-19(23)18(14)15;1-2/h5-13H,1-4H3;1-2H3. The molecular weight excluding hydrogens is 306 g/mol. The second-order valence-corrected chi connectivity index (χ2v) is 7.13. The molecule has 3 nitrogen and oxygen atoms in total. The van der Waals surface area contributed by atoms with E-state index in [1.54, 1.807) is 6.20 Å². The van der Waals surface area contributed by atoms with E-state index in [0.29, 0.717) is 5.92 Å². The summed E-state index contributed by atoms with van der Waals surface area (Å²) in [6.45, 7) is 13.2. The lowest BCUT2D eigenvalue weighted by atomic mass is 9.73. The maximum absolute atomic E-state index is 4.90. The second kappa shape index (κ2) is 6.47. The number of benzene rings is 1. The molecule has 0 bridgehead atoms. The Kier molecular flexibility index (Phi) is 4.51. The smallest absolute Gasteiger partial charge is 0.146 e. The minimum absolute atomic E-state index is 0.0811. The van der Waals surface area contributed by atoms with Gasteiger partial charge in [0, 0.05) is 17.8 Å². The zero-order chi connectivity index (χ0) is 18.2. The number of hydrogen-bond donors (Lipinski definition) is 0. The molecule has 0 N–H and O–H groups in total. The van der Waals surface area contributed by atoms with Gasteiger partial charge in [0.1, 0.15) is 5.65 Å². The molecule has 4 rings (SSSR count). The van der Waals surface area contributed by atoms with Crippen molar-refractivity contribution in [3.8, 4) is 0 Å². The number of pyridine rings is 2. The number of fused-ring (bicyclic) bond motifs is 5. The average molecular weight is 333 g/mol. The topological polar surface area (TPSA) is 30.2 Å². The van der Waals surface area contributed by atoms with Crippen LogP contribution in [0.3, 0.4) is 0 Å². The van der Waals surface area contributed by atoms with Gasteiger partial charge < -0.3 is 0 Å². The molecule has 3 heteroatoms. The first kappa shape index (κ1) is 17.4. The van der Waals surface area contributed by atoms with Crippen LogP contribution in [0.1, 0.15) is 47.1 Å². The molecule has 0 aliphatic carbocycles. The van der Waals surface area contributed by atoms with Gasteiger partial charge in [-0.15, -0.1) is 0 Å². The molecule has 0 spiro atoms. The fraction of sp³-hybridized carbons (Fsp3) is 0.364. The van der Waals surface area contributed by atoms with E-state index in [1.165, 1.54) is 16.3 Å². The third-order valence-electron chi connectivity index (χ3n) is 5.35. The zero-order valence-corrected chi connectivity index (χ0v) is 16.0. The van der Waals surface area contributed by atoms with Crippen molar-refractivity contribution < 1.29 is 0 Å². The molecule has 3 aromatic heterocycles. The van der Waals surface area contributed by atoms with Crippen LogP contribution in [0.15, 0.2) is 48.9 Å². The van der Waals surface area contributed by atoms with Gasteiger partial charge in [-0.2, -0.15) is 0 Å². The summed E-state index contributed by atoms with van der Waals surface area (Å²) in [5.74, 6) is 0.541. The highest BCUT2D eigenvalue weighted by Gasteiger charge is 2.27. The van der Waals surface area contributed by atoms with E-state index in [1.807, 2.05) is 26.1 Å². The SMILES string of the molecule is CC.CC(C)C(C)(C)c1cccc2ccn3c4cnccc4nc3c12. The molecule has 0 saturated heterocycles. The van der Waals surface area contributed by atoms with E-state index in [-0.39, 0.29) is 5.41 Å². The molecule has 4 aromatic rings. The molecule has 0 radical (unpaired) electrons. The van der Waals surface area contributed by atoms with Crippen LogP contribution in [0.4, 0.5) is 0 Å². The van der Waals surface area contributed by atoms with E-state index in [0.717, 1.165) is 16.7 Å². The van der Waals surface area contributed by atoms with Crippen molar-refractivity contribution in [3.63, 3.8) is 0 Å². The molecule has 1 aromatic carbocycles. The fourth-order valence-corrected chi connectivity index (χ4v) is 3.23. The van der Waals surface area contributed by atoms with E-state index < -0.39 is 0 Å². The van der Waals surface area contributed by atoms with Crippen LogP contribution >= 0.6 is 0 Å². The molecule has 0 fully saturated rings. The van der Waals surface area contributed by atoms with Crippen LogP contribution in [0.2, 0.25) is 0 Å². The molecule has 25 heavy (non-hydrogen) atoms. The van der Waals surface area contributed by atoms with Crippen LogP contribution in [0, 0.1) is 5.92 Å². The molecule has 0 atom stereocenters. The summed E-state index contributed by atoms with van der Waals surface area (Å²) >= 11 is 0. The van der Waals surface area contributed by atoms with Crippen molar-refractivity contribution in [2.45, 2.75) is 47.0 Å². The van der Waals surface area contributed by atoms with Crippen molar-refractivity contribution in [2.75, 3.05) is 0 Å². The third-order valence-corrected chi connectivity index (χ3v) is 5.35. The Morgan fingerprint density at radius 2 is 1.80 bits per heavy atom. The van der Waals surface area contributed by atoms with Crippen LogP contribution < -0.4 is 0 Å². The lowest BCUT2D eigenvalue weighted by Gasteiger charge is -2.31. The van der Waals surface area contributed by atoms with Crippen LogP contribution in [0.5, 0.6) is 0 Å². The lowest BCUT2D eigenvalue weighted by molar-refractivity contribution is 0.375. The van der Waals surface area contributed by atoms with E-state index in [4.69, 9.17) is 4.98 Å². The van der Waals surface area contributed by atoms with Crippen molar-refractivity contribution in [1.29, 1.82) is 0 Å². The number of rotatable bonds is 2. The Balaban J connectivity index is 0.000000880. The van der Waals surface area contributed by atoms with Gasteiger partial charge in [0.15, 0.2) is 0 Å². The second-order valence-electron chi connectivity index (χ2n) is 7.13. The van der Waals surface area contributed by atoms with E-state index in [9.17, 15) is 0 Å². The molecule has 0 saturated carbocycles. The number of imidazole rings is 1. The normalized spacial score (nSPS) is 12.0. The van der Waals surface area contributed by atoms with Crippen LogP contribution in [-0.2, 0) is 5.41 Å². The maximum atomic E-state index is 4.90. The summed E-state index contributed by atoms with van der Waals surface area (Å²) in [5.41, 5.74) is 4.51. The van der Waals surface area contributed by atoms with Crippen LogP contribution in [-0.4, -0.2) is 14.4 Å². The first-order valence-electron chi connectivity index (χ1n) is 9.14. The van der Waals surface area contributed by atoms with Gasteiger partial charge in [-0.1, -0.05) is 59.7 Å². The van der Waals surface area contributed by atoms with Gasteiger partial charge in [0.2, 0.25) is 0 Å². The predicted molar refractivity (Wildman–Crippen MR) is 107 cm³/mol. The molecule has 3 heterocycles. The fourth-order valence-electron chi connectivity index (χ4n) is 3.23. The van der Waals surface area contributed by atoms with E-state index in [2.05, 4.69) is 67.5 Å². The Bertz CT molecular complexity index is 1030. The maximum Gasteiger partial charge on any atom is 0.146 e. The highest BCUT2D eigenvalue weighted by Crippen LogP contribution is 2.38. The lowest BCUT2D eigenvalue weighted by Crippen LogP contribution is -2.24. The minimum Gasteiger partial charge on any atom is -0.298 e.